The summed E-state index contributed by atoms with van der Waals surface area (Å²) in [4.78, 5) is 25.8. The molecule has 2 aliphatic rings. The Labute approximate surface area is 128 Å². The van der Waals surface area contributed by atoms with Crippen LogP contribution in [0, 0.1) is 11.8 Å². The summed E-state index contributed by atoms with van der Waals surface area (Å²) in [6.45, 7) is 0.597. The van der Waals surface area contributed by atoms with Gasteiger partial charge in [0.05, 0.1) is 18.4 Å². The monoisotopic (exact) mass is 305 g/mol. The number of fused-ring (bicyclic) bond motifs is 1. The van der Waals surface area contributed by atoms with Gasteiger partial charge in [-0.2, -0.15) is 0 Å². The third kappa shape index (κ3) is 2.81. The highest BCUT2D eigenvalue weighted by Gasteiger charge is 2.46. The molecule has 1 saturated heterocycles. The number of benzene rings is 1. The minimum atomic E-state index is -0.168. The Hall–Kier alpha value is -1.81. The van der Waals surface area contributed by atoms with Gasteiger partial charge in [-0.05, 0) is 37.1 Å². The summed E-state index contributed by atoms with van der Waals surface area (Å²) in [5, 5.41) is 0.642. The van der Waals surface area contributed by atoms with E-state index in [1.807, 2.05) is 12.2 Å². The van der Waals surface area contributed by atoms with Crippen LogP contribution in [0.15, 0.2) is 36.4 Å². The topological polar surface area (TPSA) is 46.6 Å². The molecule has 0 radical (unpaired) electrons. The van der Waals surface area contributed by atoms with E-state index in [1.165, 1.54) is 4.90 Å². The quantitative estimate of drug-likeness (QED) is 0.634. The number of halogens is 1. The van der Waals surface area contributed by atoms with Gasteiger partial charge in [0.15, 0.2) is 0 Å². The van der Waals surface area contributed by atoms with Gasteiger partial charge in [0.25, 0.3) is 0 Å². The maximum absolute atomic E-state index is 12.2. The van der Waals surface area contributed by atoms with Crippen molar-refractivity contribution in [3.8, 4) is 5.75 Å². The fourth-order valence-electron chi connectivity index (χ4n) is 2.87. The van der Waals surface area contributed by atoms with E-state index >= 15 is 0 Å². The molecule has 1 aliphatic heterocycles. The molecule has 0 unspecified atom stereocenters. The number of carbonyl (C=O) groups excluding carboxylic acids is 2. The summed E-state index contributed by atoms with van der Waals surface area (Å²) in [6.07, 6.45) is 5.31. The van der Waals surface area contributed by atoms with Crippen LogP contribution in [0.1, 0.15) is 12.8 Å². The Morgan fingerprint density at radius 1 is 1.05 bits per heavy atom. The molecule has 21 heavy (non-hydrogen) atoms. The SMILES string of the molecule is O=C1[C@@H]2CC=CC[C@H]2C(=O)N1CCOc1ccc(Cl)cc1. The molecule has 5 heteroatoms. The first-order valence-corrected chi connectivity index (χ1v) is 7.43. The Kier molecular flexibility index (Phi) is 3.97. The Morgan fingerprint density at radius 3 is 2.19 bits per heavy atom. The van der Waals surface area contributed by atoms with Crippen molar-refractivity contribution in [1.29, 1.82) is 0 Å². The Balaban J connectivity index is 1.57. The van der Waals surface area contributed by atoms with Crippen molar-refractivity contribution < 1.29 is 14.3 Å². The van der Waals surface area contributed by atoms with Crippen molar-refractivity contribution in [2.75, 3.05) is 13.2 Å². The highest BCUT2D eigenvalue weighted by molar-refractivity contribution is 6.30. The zero-order chi connectivity index (χ0) is 14.8. The largest absolute Gasteiger partial charge is 0.492 e. The molecule has 0 aromatic heterocycles. The van der Waals surface area contributed by atoms with E-state index in [0.29, 0.717) is 36.8 Å². The van der Waals surface area contributed by atoms with E-state index in [9.17, 15) is 9.59 Å². The maximum atomic E-state index is 12.2. The number of likely N-dealkylation sites (tertiary alicyclic amines) is 1. The number of amides is 2. The first-order valence-electron chi connectivity index (χ1n) is 7.05. The highest BCUT2D eigenvalue weighted by Crippen LogP contribution is 2.34. The number of rotatable bonds is 4. The number of carbonyl (C=O) groups is 2. The molecule has 1 aromatic carbocycles. The standard InChI is InChI=1S/C16H16ClNO3/c17-11-5-7-12(8-6-11)21-10-9-18-15(19)13-3-1-2-4-14(13)16(18)20/h1-2,5-8,13-14H,3-4,9-10H2/t13-,14-/m1/s1. The molecular weight excluding hydrogens is 290 g/mol. The van der Waals surface area contributed by atoms with Crippen LogP contribution in [0.2, 0.25) is 5.02 Å². The van der Waals surface area contributed by atoms with Gasteiger partial charge in [-0.15, -0.1) is 0 Å². The van der Waals surface area contributed by atoms with E-state index in [4.69, 9.17) is 16.3 Å². The molecule has 0 N–H and O–H groups in total. The number of hydrogen-bond donors (Lipinski definition) is 0. The third-order valence-corrected chi connectivity index (χ3v) is 4.25. The summed E-state index contributed by atoms with van der Waals surface area (Å²) in [5.74, 6) is 0.219. The predicted octanol–water partition coefficient (Wildman–Crippen LogP) is 2.67. The van der Waals surface area contributed by atoms with Crippen molar-refractivity contribution in [3.05, 3.63) is 41.4 Å². The second-order valence-electron chi connectivity index (χ2n) is 5.29. The summed E-state index contributed by atoms with van der Waals surface area (Å²) in [7, 11) is 0. The second kappa shape index (κ2) is 5.90. The average Bonchev–Trinajstić information content (AvgIpc) is 2.75. The molecule has 110 valence electrons. The van der Waals surface area contributed by atoms with Crippen LogP contribution in [0.5, 0.6) is 5.75 Å². The van der Waals surface area contributed by atoms with Crippen molar-refractivity contribution in [2.24, 2.45) is 11.8 Å². The van der Waals surface area contributed by atoms with E-state index in [-0.39, 0.29) is 23.7 Å². The minimum Gasteiger partial charge on any atom is -0.492 e. The first-order chi connectivity index (χ1) is 10.2. The number of allylic oxidation sites excluding steroid dienone is 2. The highest BCUT2D eigenvalue weighted by atomic mass is 35.5. The Bertz CT molecular complexity index is 556. The van der Waals surface area contributed by atoms with Crippen molar-refractivity contribution >= 4 is 23.4 Å². The normalized spacial score (nSPS) is 24.3. The molecule has 2 amide bonds. The van der Waals surface area contributed by atoms with Crippen molar-refractivity contribution in [2.45, 2.75) is 12.8 Å². The minimum absolute atomic E-state index is 0.0611. The summed E-state index contributed by atoms with van der Waals surface area (Å²) in [5.41, 5.74) is 0. The van der Waals surface area contributed by atoms with Crippen molar-refractivity contribution in [3.63, 3.8) is 0 Å². The zero-order valence-electron chi connectivity index (χ0n) is 11.5. The Morgan fingerprint density at radius 2 is 1.62 bits per heavy atom. The number of ether oxygens (including phenoxy) is 1. The molecule has 0 spiro atoms. The van der Waals surface area contributed by atoms with Gasteiger partial charge >= 0.3 is 0 Å². The van der Waals surface area contributed by atoms with Crippen LogP contribution in [-0.4, -0.2) is 29.9 Å². The van der Waals surface area contributed by atoms with Gasteiger partial charge in [0.2, 0.25) is 11.8 Å². The molecular formula is C16H16ClNO3. The second-order valence-corrected chi connectivity index (χ2v) is 5.72. The van der Waals surface area contributed by atoms with E-state index in [0.717, 1.165) is 0 Å². The van der Waals surface area contributed by atoms with E-state index in [1.54, 1.807) is 24.3 Å². The van der Waals surface area contributed by atoms with E-state index < -0.39 is 0 Å². The van der Waals surface area contributed by atoms with Crippen LogP contribution >= 0.6 is 11.6 Å². The molecule has 0 bridgehead atoms. The number of imide groups is 1. The lowest BCUT2D eigenvalue weighted by Crippen LogP contribution is -2.34. The van der Waals surface area contributed by atoms with Gasteiger partial charge < -0.3 is 4.74 Å². The van der Waals surface area contributed by atoms with E-state index in [2.05, 4.69) is 0 Å². The predicted molar refractivity (Wildman–Crippen MR) is 79.0 cm³/mol. The number of nitrogens with zero attached hydrogens (tertiary/aromatic N) is 1. The molecule has 2 atom stereocenters. The molecule has 4 nitrogen and oxygen atoms in total. The molecule has 1 aromatic rings. The zero-order valence-corrected chi connectivity index (χ0v) is 12.3. The lowest BCUT2D eigenvalue weighted by Gasteiger charge is -2.15. The van der Waals surface area contributed by atoms with Gasteiger partial charge in [0.1, 0.15) is 12.4 Å². The molecule has 1 heterocycles. The third-order valence-electron chi connectivity index (χ3n) is 4.00. The van der Waals surface area contributed by atoms with Crippen LogP contribution < -0.4 is 4.74 Å². The van der Waals surface area contributed by atoms with Crippen LogP contribution in [0.25, 0.3) is 0 Å². The van der Waals surface area contributed by atoms with Gasteiger partial charge in [-0.25, -0.2) is 0 Å². The van der Waals surface area contributed by atoms with Crippen LogP contribution in [0.3, 0.4) is 0 Å². The number of hydrogen-bond acceptors (Lipinski definition) is 3. The lowest BCUT2D eigenvalue weighted by molar-refractivity contribution is -0.140. The van der Waals surface area contributed by atoms with Crippen LogP contribution in [0.4, 0.5) is 0 Å². The first kappa shape index (κ1) is 14.1. The molecule has 0 saturated carbocycles. The van der Waals surface area contributed by atoms with Crippen LogP contribution in [-0.2, 0) is 9.59 Å². The average molecular weight is 306 g/mol. The van der Waals surface area contributed by atoms with Gasteiger partial charge in [0, 0.05) is 5.02 Å². The van der Waals surface area contributed by atoms with Crippen molar-refractivity contribution in [1.82, 2.24) is 4.90 Å². The smallest absolute Gasteiger partial charge is 0.233 e. The molecule has 3 rings (SSSR count). The van der Waals surface area contributed by atoms with Gasteiger partial charge in [-0.1, -0.05) is 23.8 Å². The van der Waals surface area contributed by atoms with Gasteiger partial charge in [-0.3, -0.25) is 14.5 Å². The summed E-state index contributed by atoms with van der Waals surface area (Å²) in [6, 6.07) is 7.01. The molecule has 1 aliphatic carbocycles. The maximum Gasteiger partial charge on any atom is 0.233 e. The fraction of sp³-hybridized carbons (Fsp3) is 0.375. The lowest BCUT2D eigenvalue weighted by atomic mass is 9.85. The summed E-state index contributed by atoms with van der Waals surface area (Å²) < 4.78 is 5.55. The fourth-order valence-corrected chi connectivity index (χ4v) is 3.00. The molecule has 1 fully saturated rings. The summed E-state index contributed by atoms with van der Waals surface area (Å²) >= 11 is 5.80.